The average molecular weight is 261 g/mol. The summed E-state index contributed by atoms with van der Waals surface area (Å²) in [6, 6.07) is 8.84. The molecule has 0 atom stereocenters. The summed E-state index contributed by atoms with van der Waals surface area (Å²) in [7, 11) is 0. The SMILES string of the molecule is Cc1cccc(N2CCN(CCCCCN)CC2)c1. The molecule has 0 aromatic heterocycles. The summed E-state index contributed by atoms with van der Waals surface area (Å²) in [4.78, 5) is 5.09. The van der Waals surface area contributed by atoms with Gasteiger partial charge in [0, 0.05) is 31.9 Å². The first-order valence-corrected chi connectivity index (χ1v) is 7.53. The topological polar surface area (TPSA) is 32.5 Å². The number of rotatable bonds is 6. The molecule has 0 bridgehead atoms. The lowest BCUT2D eigenvalue weighted by molar-refractivity contribution is 0.252. The van der Waals surface area contributed by atoms with Crippen molar-refractivity contribution in [1.29, 1.82) is 0 Å². The largest absolute Gasteiger partial charge is 0.369 e. The fraction of sp³-hybridized carbons (Fsp3) is 0.625. The molecule has 1 aliphatic heterocycles. The minimum Gasteiger partial charge on any atom is -0.369 e. The molecule has 0 amide bonds. The maximum Gasteiger partial charge on any atom is 0.0369 e. The number of hydrogen-bond acceptors (Lipinski definition) is 3. The Kier molecular flexibility index (Phi) is 5.67. The molecule has 0 saturated carbocycles. The third-order valence-corrected chi connectivity index (χ3v) is 3.92. The van der Waals surface area contributed by atoms with Crippen LogP contribution in [-0.4, -0.2) is 44.2 Å². The number of nitrogens with zero attached hydrogens (tertiary/aromatic N) is 2. The van der Waals surface area contributed by atoms with E-state index in [0.717, 1.165) is 19.6 Å². The van der Waals surface area contributed by atoms with Gasteiger partial charge in [0.1, 0.15) is 0 Å². The lowest BCUT2D eigenvalue weighted by Gasteiger charge is -2.36. The van der Waals surface area contributed by atoms with Gasteiger partial charge in [-0.05, 0) is 50.6 Å². The first-order chi connectivity index (χ1) is 9.29. The van der Waals surface area contributed by atoms with E-state index in [1.54, 1.807) is 0 Å². The van der Waals surface area contributed by atoms with Crippen molar-refractivity contribution in [3.63, 3.8) is 0 Å². The van der Waals surface area contributed by atoms with Crippen LogP contribution in [-0.2, 0) is 0 Å². The van der Waals surface area contributed by atoms with Crippen LogP contribution in [0.5, 0.6) is 0 Å². The standard InChI is InChI=1S/C16H27N3/c1-15-6-5-7-16(14-15)19-12-10-18(11-13-19)9-4-2-3-8-17/h5-7,14H,2-4,8-13,17H2,1H3. The van der Waals surface area contributed by atoms with Crippen molar-refractivity contribution in [3.8, 4) is 0 Å². The van der Waals surface area contributed by atoms with E-state index in [-0.39, 0.29) is 0 Å². The van der Waals surface area contributed by atoms with E-state index in [4.69, 9.17) is 5.73 Å². The second kappa shape index (κ2) is 7.51. The molecule has 0 radical (unpaired) electrons. The van der Waals surface area contributed by atoms with Gasteiger partial charge in [-0.3, -0.25) is 4.90 Å². The molecule has 3 nitrogen and oxygen atoms in total. The van der Waals surface area contributed by atoms with Crippen LogP contribution in [0.1, 0.15) is 24.8 Å². The van der Waals surface area contributed by atoms with Crippen LogP contribution in [0.4, 0.5) is 5.69 Å². The summed E-state index contributed by atoms with van der Waals surface area (Å²) in [5.74, 6) is 0. The van der Waals surface area contributed by atoms with E-state index in [0.29, 0.717) is 0 Å². The average Bonchev–Trinajstić information content (AvgIpc) is 2.44. The molecule has 3 heteroatoms. The molecule has 1 fully saturated rings. The van der Waals surface area contributed by atoms with Crippen LogP contribution in [0.3, 0.4) is 0 Å². The second-order valence-corrected chi connectivity index (χ2v) is 5.52. The second-order valence-electron chi connectivity index (χ2n) is 5.52. The fourth-order valence-electron chi connectivity index (χ4n) is 2.71. The Morgan fingerprint density at radius 3 is 2.53 bits per heavy atom. The van der Waals surface area contributed by atoms with Crippen molar-refractivity contribution >= 4 is 5.69 Å². The molecule has 1 heterocycles. The van der Waals surface area contributed by atoms with Crippen LogP contribution in [0.2, 0.25) is 0 Å². The Bertz CT molecular complexity index is 370. The van der Waals surface area contributed by atoms with E-state index in [9.17, 15) is 0 Å². The molecule has 106 valence electrons. The maximum absolute atomic E-state index is 5.52. The Labute approximate surface area is 117 Å². The first kappa shape index (κ1) is 14.4. The van der Waals surface area contributed by atoms with Gasteiger partial charge in [0.25, 0.3) is 0 Å². The Morgan fingerprint density at radius 1 is 1.05 bits per heavy atom. The Hall–Kier alpha value is -1.06. The Morgan fingerprint density at radius 2 is 1.84 bits per heavy atom. The predicted octanol–water partition coefficient (Wildman–Crippen LogP) is 2.25. The molecule has 2 N–H and O–H groups in total. The van der Waals surface area contributed by atoms with Crippen molar-refractivity contribution in [1.82, 2.24) is 4.90 Å². The summed E-state index contributed by atoms with van der Waals surface area (Å²) in [6.45, 7) is 8.92. The van der Waals surface area contributed by atoms with Gasteiger partial charge in [-0.2, -0.15) is 0 Å². The van der Waals surface area contributed by atoms with Gasteiger partial charge in [0.05, 0.1) is 0 Å². The third kappa shape index (κ3) is 4.51. The highest BCUT2D eigenvalue weighted by Crippen LogP contribution is 2.17. The molecule has 0 spiro atoms. The smallest absolute Gasteiger partial charge is 0.0369 e. The summed E-state index contributed by atoms with van der Waals surface area (Å²) < 4.78 is 0. The monoisotopic (exact) mass is 261 g/mol. The van der Waals surface area contributed by atoms with Crippen molar-refractivity contribution < 1.29 is 0 Å². The molecule has 1 saturated heterocycles. The number of unbranched alkanes of at least 4 members (excludes halogenated alkanes) is 2. The maximum atomic E-state index is 5.52. The Balaban J connectivity index is 1.73. The van der Waals surface area contributed by atoms with Crippen molar-refractivity contribution in [2.45, 2.75) is 26.2 Å². The number of piperazine rings is 1. The summed E-state index contributed by atoms with van der Waals surface area (Å²) in [5, 5.41) is 0. The van der Waals surface area contributed by atoms with E-state index in [1.165, 1.54) is 50.1 Å². The summed E-state index contributed by atoms with van der Waals surface area (Å²) in [6.07, 6.45) is 3.74. The van der Waals surface area contributed by atoms with E-state index < -0.39 is 0 Å². The van der Waals surface area contributed by atoms with Crippen LogP contribution in [0, 0.1) is 6.92 Å². The molecule has 19 heavy (non-hydrogen) atoms. The van der Waals surface area contributed by atoms with Gasteiger partial charge in [-0.15, -0.1) is 0 Å². The quantitative estimate of drug-likeness (QED) is 0.797. The van der Waals surface area contributed by atoms with Gasteiger partial charge in [0.15, 0.2) is 0 Å². The summed E-state index contributed by atoms with van der Waals surface area (Å²) >= 11 is 0. The van der Waals surface area contributed by atoms with Gasteiger partial charge >= 0.3 is 0 Å². The molecular weight excluding hydrogens is 234 g/mol. The van der Waals surface area contributed by atoms with Crippen molar-refractivity contribution in [2.75, 3.05) is 44.2 Å². The molecule has 2 rings (SSSR count). The minimum absolute atomic E-state index is 0.834. The number of aryl methyl sites for hydroxylation is 1. The third-order valence-electron chi connectivity index (χ3n) is 3.92. The minimum atomic E-state index is 0.834. The van der Waals surface area contributed by atoms with Crippen LogP contribution >= 0.6 is 0 Å². The number of benzene rings is 1. The fourth-order valence-corrected chi connectivity index (χ4v) is 2.71. The van der Waals surface area contributed by atoms with Crippen LogP contribution in [0.25, 0.3) is 0 Å². The summed E-state index contributed by atoms with van der Waals surface area (Å²) in [5.41, 5.74) is 8.25. The van der Waals surface area contributed by atoms with E-state index in [1.807, 2.05) is 0 Å². The van der Waals surface area contributed by atoms with Crippen molar-refractivity contribution in [3.05, 3.63) is 29.8 Å². The number of hydrogen-bond donors (Lipinski definition) is 1. The highest BCUT2D eigenvalue weighted by Gasteiger charge is 2.16. The number of nitrogens with two attached hydrogens (primary N) is 1. The molecule has 1 aromatic rings. The zero-order valence-electron chi connectivity index (χ0n) is 12.1. The first-order valence-electron chi connectivity index (χ1n) is 7.53. The van der Waals surface area contributed by atoms with E-state index >= 15 is 0 Å². The molecule has 0 unspecified atom stereocenters. The highest BCUT2D eigenvalue weighted by molar-refractivity contribution is 5.48. The van der Waals surface area contributed by atoms with Gasteiger partial charge in [-0.25, -0.2) is 0 Å². The molecular formula is C16H27N3. The van der Waals surface area contributed by atoms with E-state index in [2.05, 4.69) is 41.0 Å². The molecule has 1 aliphatic rings. The molecule has 0 aliphatic carbocycles. The normalized spacial score (nSPS) is 16.8. The zero-order chi connectivity index (χ0) is 13.5. The molecule has 1 aromatic carbocycles. The van der Waals surface area contributed by atoms with Gasteiger partial charge in [0.2, 0.25) is 0 Å². The van der Waals surface area contributed by atoms with Gasteiger partial charge in [-0.1, -0.05) is 18.6 Å². The number of anilines is 1. The zero-order valence-corrected chi connectivity index (χ0v) is 12.1. The van der Waals surface area contributed by atoms with Crippen molar-refractivity contribution in [2.24, 2.45) is 5.73 Å². The van der Waals surface area contributed by atoms with Crippen LogP contribution in [0.15, 0.2) is 24.3 Å². The highest BCUT2D eigenvalue weighted by atomic mass is 15.3. The van der Waals surface area contributed by atoms with Gasteiger partial charge < -0.3 is 10.6 Å². The van der Waals surface area contributed by atoms with Crippen LogP contribution < -0.4 is 10.6 Å². The lowest BCUT2D eigenvalue weighted by atomic mass is 10.2. The lowest BCUT2D eigenvalue weighted by Crippen LogP contribution is -2.46. The predicted molar refractivity (Wildman–Crippen MR) is 82.7 cm³/mol.